The van der Waals surface area contributed by atoms with Crippen molar-refractivity contribution in [1.82, 2.24) is 19.8 Å². The van der Waals surface area contributed by atoms with Crippen molar-refractivity contribution in [1.29, 1.82) is 0 Å². The lowest BCUT2D eigenvalue weighted by atomic mass is 9.95. The van der Waals surface area contributed by atoms with Crippen LogP contribution >= 0.6 is 0 Å². The largest absolute Gasteiger partial charge is 0.355 e. The Hall–Kier alpha value is -1.35. The van der Waals surface area contributed by atoms with Gasteiger partial charge in [0, 0.05) is 39.3 Å². The Balaban J connectivity index is 1.62. The summed E-state index contributed by atoms with van der Waals surface area (Å²) in [5.74, 6) is 2.07. The monoisotopic (exact) mass is 399 g/mol. The van der Waals surface area contributed by atoms with E-state index in [9.17, 15) is 13.2 Å². The zero-order valence-corrected chi connectivity index (χ0v) is 17.5. The highest BCUT2D eigenvalue weighted by atomic mass is 32.2. The standard InChI is InChI=1S/C18H33N5O3S/c1-22(2)17(24)12-20-18(21-16-10-13-6-7-14(16)9-13)19-11-15-5-4-8-23(15)27(3,25)26/h13-16H,4-12H2,1-3H3,(H2,19,20,21)/t13?,14?,15-,16?/m1/s1. The third-order valence-electron chi connectivity index (χ3n) is 6.19. The Morgan fingerprint density at radius 2 is 2.00 bits per heavy atom. The number of nitrogens with zero attached hydrogens (tertiary/aromatic N) is 3. The van der Waals surface area contributed by atoms with Gasteiger partial charge in [0.2, 0.25) is 15.9 Å². The van der Waals surface area contributed by atoms with Gasteiger partial charge in [0.1, 0.15) is 6.54 Å². The van der Waals surface area contributed by atoms with Crippen molar-refractivity contribution < 1.29 is 13.2 Å². The van der Waals surface area contributed by atoms with Crippen LogP contribution in [0.1, 0.15) is 38.5 Å². The summed E-state index contributed by atoms with van der Waals surface area (Å²) in [6.07, 6.45) is 8.02. The first-order chi connectivity index (χ1) is 12.7. The van der Waals surface area contributed by atoms with E-state index >= 15 is 0 Å². The van der Waals surface area contributed by atoms with Gasteiger partial charge in [-0.05, 0) is 43.9 Å². The molecule has 8 nitrogen and oxygen atoms in total. The first-order valence-corrected chi connectivity index (χ1v) is 11.8. The van der Waals surface area contributed by atoms with E-state index in [2.05, 4.69) is 15.6 Å². The number of guanidine groups is 1. The van der Waals surface area contributed by atoms with E-state index in [1.165, 1.54) is 30.4 Å². The molecule has 27 heavy (non-hydrogen) atoms. The van der Waals surface area contributed by atoms with Gasteiger partial charge in [-0.1, -0.05) is 6.42 Å². The number of amides is 1. The van der Waals surface area contributed by atoms with Gasteiger partial charge in [-0.2, -0.15) is 4.31 Å². The maximum Gasteiger partial charge on any atom is 0.243 e. The second-order valence-corrected chi connectivity index (χ2v) is 10.4. The molecule has 2 N–H and O–H groups in total. The second-order valence-electron chi connectivity index (χ2n) is 8.43. The number of sulfonamides is 1. The van der Waals surface area contributed by atoms with Gasteiger partial charge in [0.05, 0.1) is 6.26 Å². The molecule has 2 aliphatic carbocycles. The molecule has 1 heterocycles. The molecule has 2 saturated carbocycles. The quantitative estimate of drug-likeness (QED) is 0.492. The normalized spacial score (nSPS) is 31.3. The number of likely N-dealkylation sites (N-methyl/N-ethyl adjacent to an activating group) is 1. The molecule has 154 valence electrons. The molecule has 1 saturated heterocycles. The number of rotatable bonds is 6. The highest BCUT2D eigenvalue weighted by molar-refractivity contribution is 7.88. The van der Waals surface area contributed by atoms with Crippen LogP contribution in [0.3, 0.4) is 0 Å². The van der Waals surface area contributed by atoms with Gasteiger partial charge >= 0.3 is 0 Å². The molecule has 1 amide bonds. The average Bonchev–Trinajstić information content (AvgIpc) is 3.32. The van der Waals surface area contributed by atoms with Crippen LogP contribution in [0.2, 0.25) is 0 Å². The molecular weight excluding hydrogens is 366 g/mol. The zero-order valence-electron chi connectivity index (χ0n) is 16.6. The van der Waals surface area contributed by atoms with Crippen LogP contribution < -0.4 is 10.6 Å². The fourth-order valence-electron chi connectivity index (χ4n) is 4.70. The minimum absolute atomic E-state index is 0.0531. The molecular formula is C18H33N5O3S. The lowest BCUT2D eigenvalue weighted by Crippen LogP contribution is -2.50. The highest BCUT2D eigenvalue weighted by Crippen LogP contribution is 2.44. The van der Waals surface area contributed by atoms with Gasteiger partial charge < -0.3 is 15.5 Å². The summed E-state index contributed by atoms with van der Waals surface area (Å²) in [5, 5.41) is 6.83. The molecule has 0 aromatic heterocycles. The average molecular weight is 400 g/mol. The van der Waals surface area contributed by atoms with E-state index < -0.39 is 10.0 Å². The molecule has 1 aliphatic heterocycles. The second kappa shape index (κ2) is 8.34. The Morgan fingerprint density at radius 1 is 1.22 bits per heavy atom. The number of fused-ring (bicyclic) bond motifs is 2. The third kappa shape index (κ3) is 5.13. The number of hydrogen-bond donors (Lipinski definition) is 2. The topological polar surface area (TPSA) is 94.1 Å². The summed E-state index contributed by atoms with van der Waals surface area (Å²) >= 11 is 0. The molecule has 3 rings (SSSR count). The minimum Gasteiger partial charge on any atom is -0.355 e. The SMILES string of the molecule is CN(C)C(=O)CN=C(NC[C@H]1CCCN1S(C)(=O)=O)NC1CC2CCC1C2. The maximum absolute atomic E-state index is 11.9. The summed E-state index contributed by atoms with van der Waals surface area (Å²) in [6.45, 7) is 1.18. The third-order valence-corrected chi connectivity index (χ3v) is 7.52. The number of hydrogen-bond acceptors (Lipinski definition) is 4. The van der Waals surface area contributed by atoms with Crippen molar-refractivity contribution in [3.63, 3.8) is 0 Å². The fourth-order valence-corrected chi connectivity index (χ4v) is 5.88. The van der Waals surface area contributed by atoms with Crippen LogP contribution in [0.5, 0.6) is 0 Å². The van der Waals surface area contributed by atoms with Gasteiger partial charge in [-0.15, -0.1) is 0 Å². The maximum atomic E-state index is 11.9. The summed E-state index contributed by atoms with van der Waals surface area (Å²) in [6, 6.07) is 0.343. The van der Waals surface area contributed by atoms with Crippen LogP contribution in [0, 0.1) is 11.8 Å². The molecule has 0 aromatic carbocycles. The lowest BCUT2D eigenvalue weighted by Gasteiger charge is -2.27. The predicted molar refractivity (Wildman–Crippen MR) is 106 cm³/mol. The van der Waals surface area contributed by atoms with E-state index in [0.717, 1.165) is 25.2 Å². The molecule has 3 unspecified atom stereocenters. The number of carbonyl (C=O) groups excluding carboxylic acids is 1. The fraction of sp³-hybridized carbons (Fsp3) is 0.889. The van der Waals surface area contributed by atoms with Gasteiger partial charge in [0.25, 0.3) is 0 Å². The van der Waals surface area contributed by atoms with Crippen molar-refractivity contribution in [3.05, 3.63) is 0 Å². The Kier molecular flexibility index (Phi) is 6.30. The Labute approximate surface area is 162 Å². The van der Waals surface area contributed by atoms with E-state index in [1.807, 2.05) is 0 Å². The summed E-state index contributed by atoms with van der Waals surface area (Å²) in [5.41, 5.74) is 0. The van der Waals surface area contributed by atoms with Crippen LogP contribution in [0.25, 0.3) is 0 Å². The number of carbonyl (C=O) groups is 1. The van der Waals surface area contributed by atoms with E-state index in [0.29, 0.717) is 31.0 Å². The van der Waals surface area contributed by atoms with Gasteiger partial charge in [0.15, 0.2) is 5.96 Å². The zero-order chi connectivity index (χ0) is 19.6. The Morgan fingerprint density at radius 3 is 2.59 bits per heavy atom. The van der Waals surface area contributed by atoms with Crippen molar-refractivity contribution in [2.45, 2.75) is 50.6 Å². The Bertz CT molecular complexity index is 678. The van der Waals surface area contributed by atoms with Crippen LogP contribution in [-0.4, -0.2) is 81.6 Å². The minimum atomic E-state index is -3.19. The first-order valence-electron chi connectivity index (χ1n) is 9.96. The molecule has 0 aromatic rings. The summed E-state index contributed by atoms with van der Waals surface area (Å²) < 4.78 is 25.5. The van der Waals surface area contributed by atoms with Crippen LogP contribution in [0.4, 0.5) is 0 Å². The smallest absolute Gasteiger partial charge is 0.243 e. The lowest BCUT2D eigenvalue weighted by molar-refractivity contribution is -0.127. The molecule has 4 atom stereocenters. The highest BCUT2D eigenvalue weighted by Gasteiger charge is 2.40. The molecule has 9 heteroatoms. The predicted octanol–water partition coefficient (Wildman–Crippen LogP) is 0.222. The molecule has 0 spiro atoms. The van der Waals surface area contributed by atoms with Crippen LogP contribution in [-0.2, 0) is 14.8 Å². The molecule has 0 radical (unpaired) electrons. The number of aliphatic imine (C=N–C) groups is 1. The first kappa shape index (κ1) is 20.4. The van der Waals surface area contributed by atoms with E-state index in [-0.39, 0.29) is 18.5 Å². The van der Waals surface area contributed by atoms with E-state index in [1.54, 1.807) is 18.4 Å². The summed E-state index contributed by atoms with van der Waals surface area (Å²) in [7, 11) is 0.245. The summed E-state index contributed by atoms with van der Waals surface area (Å²) in [4.78, 5) is 17.9. The van der Waals surface area contributed by atoms with Crippen molar-refractivity contribution >= 4 is 21.9 Å². The van der Waals surface area contributed by atoms with E-state index in [4.69, 9.17) is 0 Å². The van der Waals surface area contributed by atoms with Gasteiger partial charge in [-0.3, -0.25) is 4.79 Å². The molecule has 2 bridgehead atoms. The van der Waals surface area contributed by atoms with Crippen molar-refractivity contribution in [2.24, 2.45) is 16.8 Å². The number of nitrogens with one attached hydrogen (secondary N) is 2. The van der Waals surface area contributed by atoms with Crippen molar-refractivity contribution in [3.8, 4) is 0 Å². The van der Waals surface area contributed by atoms with Gasteiger partial charge in [-0.25, -0.2) is 13.4 Å². The molecule has 3 fully saturated rings. The van der Waals surface area contributed by atoms with Crippen LogP contribution in [0.15, 0.2) is 4.99 Å². The molecule has 3 aliphatic rings. The van der Waals surface area contributed by atoms with Crippen molar-refractivity contribution in [2.75, 3.05) is 40.0 Å².